The first kappa shape index (κ1) is 13.2. The summed E-state index contributed by atoms with van der Waals surface area (Å²) in [6.07, 6.45) is 0.118. The summed E-state index contributed by atoms with van der Waals surface area (Å²) in [6.45, 7) is 1.33. The Kier molecular flexibility index (Phi) is 3.52. The predicted octanol–water partition coefficient (Wildman–Crippen LogP) is 1.02. The second-order valence-corrected chi connectivity index (χ2v) is 4.98. The van der Waals surface area contributed by atoms with Gasteiger partial charge < -0.3 is 14.6 Å². The van der Waals surface area contributed by atoms with Crippen molar-refractivity contribution in [1.29, 1.82) is 0 Å². The zero-order valence-electron chi connectivity index (χ0n) is 10.7. The lowest BCUT2D eigenvalue weighted by Crippen LogP contribution is -2.22. The Morgan fingerprint density at radius 2 is 1.85 bits per heavy atom. The Hall–Kier alpha value is -1.76. The van der Waals surface area contributed by atoms with Crippen LogP contribution in [0.4, 0.5) is 4.39 Å². The Labute approximate surface area is 115 Å². The lowest BCUT2D eigenvalue weighted by atomic mass is 10.2. The van der Waals surface area contributed by atoms with Crippen molar-refractivity contribution in [3.05, 3.63) is 42.0 Å². The predicted molar refractivity (Wildman–Crippen MR) is 69.2 cm³/mol. The molecular weight excluding hydrogens is 263 g/mol. The molecule has 1 aliphatic heterocycles. The van der Waals surface area contributed by atoms with Crippen LogP contribution in [-0.4, -0.2) is 45.4 Å². The third kappa shape index (κ3) is 2.72. The van der Waals surface area contributed by atoms with Crippen LogP contribution in [0.25, 0.3) is 11.5 Å². The molecule has 5 nitrogen and oxygen atoms in total. The van der Waals surface area contributed by atoms with Gasteiger partial charge >= 0.3 is 0 Å². The normalized spacial score (nSPS) is 23.4. The van der Waals surface area contributed by atoms with Crippen molar-refractivity contribution in [2.45, 2.75) is 18.8 Å². The molecule has 2 heterocycles. The van der Waals surface area contributed by atoms with Crippen molar-refractivity contribution in [3.63, 3.8) is 0 Å². The number of β-amino-alcohol motifs (C(OH)–C–C–N with tert-alkyl or cyclic N) is 2. The van der Waals surface area contributed by atoms with E-state index in [0.717, 1.165) is 0 Å². The Morgan fingerprint density at radius 1 is 1.20 bits per heavy atom. The average molecular weight is 278 g/mol. The molecule has 2 unspecified atom stereocenters. The van der Waals surface area contributed by atoms with E-state index < -0.39 is 12.2 Å². The van der Waals surface area contributed by atoms with Crippen molar-refractivity contribution < 1.29 is 19.0 Å². The second kappa shape index (κ2) is 5.32. The molecule has 1 aromatic heterocycles. The van der Waals surface area contributed by atoms with Gasteiger partial charge in [0, 0.05) is 25.2 Å². The number of aromatic nitrogens is 1. The van der Waals surface area contributed by atoms with Crippen LogP contribution in [0.2, 0.25) is 0 Å². The van der Waals surface area contributed by atoms with Crippen molar-refractivity contribution in [3.8, 4) is 11.5 Å². The van der Waals surface area contributed by atoms with Crippen molar-refractivity contribution >= 4 is 0 Å². The number of oxazole rings is 1. The molecule has 2 atom stereocenters. The van der Waals surface area contributed by atoms with E-state index in [1.165, 1.54) is 18.4 Å². The van der Waals surface area contributed by atoms with Gasteiger partial charge in [-0.05, 0) is 24.3 Å². The quantitative estimate of drug-likeness (QED) is 0.877. The zero-order chi connectivity index (χ0) is 14.1. The molecule has 1 saturated heterocycles. The van der Waals surface area contributed by atoms with E-state index in [9.17, 15) is 14.6 Å². The molecule has 106 valence electrons. The first-order valence-corrected chi connectivity index (χ1v) is 6.40. The van der Waals surface area contributed by atoms with Gasteiger partial charge in [0.05, 0.1) is 17.9 Å². The molecule has 3 rings (SSSR count). The number of benzene rings is 1. The zero-order valence-corrected chi connectivity index (χ0v) is 10.7. The third-order valence-electron chi connectivity index (χ3n) is 3.36. The minimum absolute atomic E-state index is 0.305. The number of aliphatic hydroxyl groups is 2. The Morgan fingerprint density at radius 3 is 2.50 bits per heavy atom. The molecule has 1 aromatic carbocycles. The Balaban J connectivity index is 1.69. The molecule has 1 aliphatic rings. The van der Waals surface area contributed by atoms with Crippen LogP contribution in [-0.2, 0) is 6.54 Å². The van der Waals surface area contributed by atoms with E-state index >= 15 is 0 Å². The van der Waals surface area contributed by atoms with Gasteiger partial charge in [0.2, 0.25) is 5.89 Å². The van der Waals surface area contributed by atoms with E-state index in [4.69, 9.17) is 4.42 Å². The van der Waals surface area contributed by atoms with Crippen LogP contribution >= 0.6 is 0 Å². The van der Waals surface area contributed by atoms with Gasteiger partial charge in [0.25, 0.3) is 0 Å². The third-order valence-corrected chi connectivity index (χ3v) is 3.36. The maximum atomic E-state index is 12.8. The molecule has 2 aromatic rings. The standard InChI is InChI=1S/C14H15FN2O3/c15-10-3-1-9(2-4-10)14-16-11(8-20-14)5-17-6-12(18)13(19)7-17/h1-4,8,12-13,18-19H,5-7H2. The Bertz CT molecular complexity index is 574. The molecule has 0 radical (unpaired) electrons. The maximum absolute atomic E-state index is 12.8. The molecule has 1 fully saturated rings. The summed E-state index contributed by atoms with van der Waals surface area (Å²) in [6, 6.07) is 5.92. The smallest absolute Gasteiger partial charge is 0.226 e. The maximum Gasteiger partial charge on any atom is 0.226 e. The number of hydrogen-bond donors (Lipinski definition) is 2. The number of rotatable bonds is 3. The fraction of sp³-hybridized carbons (Fsp3) is 0.357. The summed E-state index contributed by atoms with van der Waals surface area (Å²) in [5.41, 5.74) is 1.42. The van der Waals surface area contributed by atoms with Crippen molar-refractivity contribution in [1.82, 2.24) is 9.88 Å². The second-order valence-electron chi connectivity index (χ2n) is 4.98. The number of aliphatic hydroxyl groups excluding tert-OH is 2. The molecule has 0 amide bonds. The average Bonchev–Trinajstić information content (AvgIpc) is 2.99. The van der Waals surface area contributed by atoms with E-state index in [1.54, 1.807) is 12.1 Å². The topological polar surface area (TPSA) is 69.7 Å². The summed E-state index contributed by atoms with van der Waals surface area (Å²) in [7, 11) is 0. The van der Waals surface area contributed by atoms with Gasteiger partial charge in [0.1, 0.15) is 12.1 Å². The largest absolute Gasteiger partial charge is 0.444 e. The lowest BCUT2D eigenvalue weighted by molar-refractivity contribution is 0.0572. The van der Waals surface area contributed by atoms with E-state index in [1.807, 2.05) is 4.90 Å². The molecular formula is C14H15FN2O3. The SMILES string of the molecule is OC1CN(Cc2coc(-c3ccc(F)cc3)n2)CC1O. The highest BCUT2D eigenvalue weighted by Crippen LogP contribution is 2.20. The van der Waals surface area contributed by atoms with Gasteiger partial charge in [-0.3, -0.25) is 4.90 Å². The lowest BCUT2D eigenvalue weighted by Gasteiger charge is -2.11. The van der Waals surface area contributed by atoms with Gasteiger partial charge in [0.15, 0.2) is 0 Å². The van der Waals surface area contributed by atoms with E-state index in [0.29, 0.717) is 36.8 Å². The van der Waals surface area contributed by atoms with Crippen LogP contribution in [0.3, 0.4) is 0 Å². The molecule has 6 heteroatoms. The summed E-state index contributed by atoms with van der Waals surface area (Å²) in [5.74, 6) is 0.126. The monoisotopic (exact) mass is 278 g/mol. The summed E-state index contributed by atoms with van der Waals surface area (Å²) in [4.78, 5) is 6.23. The highest BCUT2D eigenvalue weighted by Gasteiger charge is 2.29. The van der Waals surface area contributed by atoms with Crippen LogP contribution in [0.1, 0.15) is 5.69 Å². The molecule has 0 aliphatic carbocycles. The van der Waals surface area contributed by atoms with Crippen molar-refractivity contribution in [2.75, 3.05) is 13.1 Å². The van der Waals surface area contributed by atoms with Gasteiger partial charge in [-0.25, -0.2) is 9.37 Å². The molecule has 20 heavy (non-hydrogen) atoms. The first-order chi connectivity index (χ1) is 9.61. The van der Waals surface area contributed by atoms with Crippen LogP contribution in [0, 0.1) is 5.82 Å². The molecule has 2 N–H and O–H groups in total. The van der Waals surface area contributed by atoms with Crippen molar-refractivity contribution in [2.24, 2.45) is 0 Å². The fourth-order valence-electron chi connectivity index (χ4n) is 2.31. The summed E-state index contributed by atoms with van der Waals surface area (Å²) < 4.78 is 18.2. The minimum atomic E-state index is -0.710. The van der Waals surface area contributed by atoms with Gasteiger partial charge in [-0.2, -0.15) is 0 Å². The summed E-state index contributed by atoms with van der Waals surface area (Å²) >= 11 is 0. The number of hydrogen-bond acceptors (Lipinski definition) is 5. The fourth-order valence-corrected chi connectivity index (χ4v) is 2.31. The van der Waals surface area contributed by atoms with E-state index in [-0.39, 0.29) is 5.82 Å². The van der Waals surface area contributed by atoms with Crippen LogP contribution in [0.15, 0.2) is 34.9 Å². The first-order valence-electron chi connectivity index (χ1n) is 6.40. The molecule has 0 spiro atoms. The molecule has 0 bridgehead atoms. The van der Waals surface area contributed by atoms with Crippen LogP contribution < -0.4 is 0 Å². The highest BCUT2D eigenvalue weighted by atomic mass is 19.1. The van der Waals surface area contributed by atoms with Gasteiger partial charge in [-0.1, -0.05) is 0 Å². The summed E-state index contributed by atoms with van der Waals surface area (Å²) in [5, 5.41) is 19.0. The molecule has 0 saturated carbocycles. The van der Waals surface area contributed by atoms with Crippen LogP contribution in [0.5, 0.6) is 0 Å². The minimum Gasteiger partial charge on any atom is -0.444 e. The number of nitrogens with zero attached hydrogens (tertiary/aromatic N) is 2. The van der Waals surface area contributed by atoms with E-state index in [2.05, 4.69) is 4.98 Å². The number of likely N-dealkylation sites (tertiary alicyclic amines) is 1. The number of halogens is 1. The van der Waals surface area contributed by atoms with Gasteiger partial charge in [-0.15, -0.1) is 0 Å². The highest BCUT2D eigenvalue weighted by molar-refractivity contribution is 5.52.